The van der Waals surface area contributed by atoms with Gasteiger partial charge in [0.2, 0.25) is 0 Å². The number of hydrogen-bond donors (Lipinski definition) is 1. The summed E-state index contributed by atoms with van der Waals surface area (Å²) < 4.78 is 10.9. The molecule has 0 spiro atoms. The van der Waals surface area contributed by atoms with E-state index in [2.05, 4.69) is 29.2 Å². The van der Waals surface area contributed by atoms with Crippen molar-refractivity contribution >= 4 is 11.8 Å². The summed E-state index contributed by atoms with van der Waals surface area (Å²) in [5.41, 5.74) is 1.25. The highest BCUT2D eigenvalue weighted by Crippen LogP contribution is 2.28. The number of methoxy groups -OCH3 is 1. The Labute approximate surface area is 120 Å². The summed E-state index contributed by atoms with van der Waals surface area (Å²) in [5, 5.41) is 3.63. The van der Waals surface area contributed by atoms with Gasteiger partial charge in [-0.1, -0.05) is 6.07 Å². The highest BCUT2D eigenvalue weighted by Gasteiger charge is 2.13. The van der Waals surface area contributed by atoms with E-state index in [1.165, 1.54) is 29.9 Å². The molecule has 0 unspecified atom stereocenters. The predicted octanol–water partition coefficient (Wildman–Crippen LogP) is 3.08. The van der Waals surface area contributed by atoms with E-state index in [1.807, 2.05) is 13.0 Å². The van der Waals surface area contributed by atoms with Crippen molar-refractivity contribution in [3.05, 3.63) is 23.8 Å². The van der Waals surface area contributed by atoms with Gasteiger partial charge in [-0.15, -0.1) is 0 Å². The van der Waals surface area contributed by atoms with E-state index in [0.29, 0.717) is 12.6 Å². The Morgan fingerprint density at radius 1 is 1.26 bits per heavy atom. The molecule has 0 aliphatic carbocycles. The average Bonchev–Trinajstić information content (AvgIpc) is 2.47. The Balaban J connectivity index is 1.92. The van der Waals surface area contributed by atoms with Gasteiger partial charge in [0.1, 0.15) is 0 Å². The number of thioether (sulfide) groups is 1. The van der Waals surface area contributed by atoms with Crippen LogP contribution in [0.1, 0.15) is 25.3 Å². The normalized spacial score (nSPS) is 16.3. The van der Waals surface area contributed by atoms with Gasteiger partial charge in [0.15, 0.2) is 11.5 Å². The lowest BCUT2D eigenvalue weighted by atomic mass is 10.1. The molecule has 0 radical (unpaired) electrons. The fourth-order valence-electron chi connectivity index (χ4n) is 2.26. The second-order valence-corrected chi connectivity index (χ2v) is 5.91. The molecule has 1 aliphatic rings. The van der Waals surface area contributed by atoms with E-state index in [-0.39, 0.29) is 0 Å². The van der Waals surface area contributed by atoms with Crippen LogP contribution in [0.2, 0.25) is 0 Å². The van der Waals surface area contributed by atoms with Crippen molar-refractivity contribution in [2.24, 2.45) is 0 Å². The van der Waals surface area contributed by atoms with Crippen LogP contribution in [0.5, 0.6) is 11.5 Å². The maximum Gasteiger partial charge on any atom is 0.161 e. The van der Waals surface area contributed by atoms with Crippen molar-refractivity contribution in [2.75, 3.05) is 25.2 Å². The van der Waals surface area contributed by atoms with Crippen molar-refractivity contribution < 1.29 is 9.47 Å². The number of hydrogen-bond acceptors (Lipinski definition) is 4. The maximum atomic E-state index is 5.53. The molecule has 3 nitrogen and oxygen atoms in total. The molecule has 1 aromatic carbocycles. The van der Waals surface area contributed by atoms with E-state index in [9.17, 15) is 0 Å². The Morgan fingerprint density at radius 3 is 2.74 bits per heavy atom. The molecule has 1 N–H and O–H groups in total. The first-order valence-corrected chi connectivity index (χ1v) is 8.09. The Bertz CT molecular complexity index is 392. The van der Waals surface area contributed by atoms with Gasteiger partial charge in [-0.3, -0.25) is 0 Å². The van der Waals surface area contributed by atoms with Crippen LogP contribution in [0.15, 0.2) is 18.2 Å². The summed E-state index contributed by atoms with van der Waals surface area (Å²) in [7, 11) is 1.69. The van der Waals surface area contributed by atoms with Crippen LogP contribution < -0.4 is 14.8 Å². The second-order valence-electron chi connectivity index (χ2n) is 4.69. The van der Waals surface area contributed by atoms with Crippen LogP contribution in [0.3, 0.4) is 0 Å². The molecule has 1 heterocycles. The minimum Gasteiger partial charge on any atom is -0.493 e. The molecule has 1 saturated heterocycles. The summed E-state index contributed by atoms with van der Waals surface area (Å²) >= 11 is 2.06. The topological polar surface area (TPSA) is 30.5 Å². The van der Waals surface area contributed by atoms with E-state index in [0.717, 1.165) is 18.0 Å². The smallest absolute Gasteiger partial charge is 0.161 e. The predicted molar refractivity (Wildman–Crippen MR) is 81.3 cm³/mol. The van der Waals surface area contributed by atoms with Crippen LogP contribution in [-0.4, -0.2) is 31.3 Å². The molecule has 19 heavy (non-hydrogen) atoms. The minimum absolute atomic E-state index is 0.660. The van der Waals surface area contributed by atoms with Crippen molar-refractivity contribution in [1.29, 1.82) is 0 Å². The molecule has 1 aliphatic heterocycles. The SMILES string of the molecule is CCOc1ccc(CNC2CCSCC2)cc1OC. The Morgan fingerprint density at radius 2 is 2.05 bits per heavy atom. The average molecular weight is 281 g/mol. The van der Waals surface area contributed by atoms with Gasteiger partial charge < -0.3 is 14.8 Å². The van der Waals surface area contributed by atoms with E-state index >= 15 is 0 Å². The van der Waals surface area contributed by atoms with Gasteiger partial charge >= 0.3 is 0 Å². The van der Waals surface area contributed by atoms with Crippen molar-refractivity contribution in [1.82, 2.24) is 5.32 Å². The van der Waals surface area contributed by atoms with Crippen molar-refractivity contribution in [3.8, 4) is 11.5 Å². The number of nitrogens with one attached hydrogen (secondary N) is 1. The van der Waals surface area contributed by atoms with Gasteiger partial charge in [0.05, 0.1) is 13.7 Å². The molecular weight excluding hydrogens is 258 g/mol. The largest absolute Gasteiger partial charge is 0.493 e. The highest BCUT2D eigenvalue weighted by molar-refractivity contribution is 7.99. The summed E-state index contributed by atoms with van der Waals surface area (Å²) in [4.78, 5) is 0. The molecule has 0 saturated carbocycles. The number of rotatable bonds is 6. The second kappa shape index (κ2) is 7.65. The monoisotopic (exact) mass is 281 g/mol. The molecule has 1 fully saturated rings. The summed E-state index contributed by atoms with van der Waals surface area (Å²) in [5.74, 6) is 4.21. The first-order chi connectivity index (χ1) is 9.33. The van der Waals surface area contributed by atoms with Crippen molar-refractivity contribution in [3.63, 3.8) is 0 Å². The van der Waals surface area contributed by atoms with Gasteiger partial charge in [0.25, 0.3) is 0 Å². The highest BCUT2D eigenvalue weighted by atomic mass is 32.2. The van der Waals surface area contributed by atoms with Gasteiger partial charge in [-0.2, -0.15) is 11.8 Å². The lowest BCUT2D eigenvalue weighted by molar-refractivity contribution is 0.310. The molecule has 1 aromatic rings. The zero-order chi connectivity index (χ0) is 13.5. The fourth-order valence-corrected chi connectivity index (χ4v) is 3.37. The molecule has 0 aromatic heterocycles. The number of benzene rings is 1. The van der Waals surface area contributed by atoms with Crippen LogP contribution in [-0.2, 0) is 6.54 Å². The number of ether oxygens (including phenoxy) is 2. The van der Waals surface area contributed by atoms with Crippen LogP contribution in [0.4, 0.5) is 0 Å². The molecule has 4 heteroatoms. The van der Waals surface area contributed by atoms with Crippen LogP contribution >= 0.6 is 11.8 Å². The van der Waals surface area contributed by atoms with Gasteiger partial charge in [-0.25, -0.2) is 0 Å². The summed E-state index contributed by atoms with van der Waals surface area (Å²) in [6, 6.07) is 6.84. The third-order valence-electron chi connectivity index (χ3n) is 3.34. The van der Waals surface area contributed by atoms with Gasteiger partial charge in [0, 0.05) is 12.6 Å². The van der Waals surface area contributed by atoms with E-state index < -0.39 is 0 Å². The minimum atomic E-state index is 0.660. The zero-order valence-electron chi connectivity index (χ0n) is 11.8. The molecule has 2 rings (SSSR count). The Hall–Kier alpha value is -0.870. The summed E-state index contributed by atoms with van der Waals surface area (Å²) in [6.07, 6.45) is 2.55. The zero-order valence-corrected chi connectivity index (χ0v) is 12.6. The Kier molecular flexibility index (Phi) is 5.86. The van der Waals surface area contributed by atoms with E-state index in [1.54, 1.807) is 7.11 Å². The quantitative estimate of drug-likeness (QED) is 0.868. The van der Waals surface area contributed by atoms with Crippen LogP contribution in [0, 0.1) is 0 Å². The maximum absolute atomic E-state index is 5.53. The third-order valence-corrected chi connectivity index (χ3v) is 4.39. The van der Waals surface area contributed by atoms with Crippen molar-refractivity contribution in [2.45, 2.75) is 32.4 Å². The molecule has 106 valence electrons. The molecule has 0 bridgehead atoms. The fraction of sp³-hybridized carbons (Fsp3) is 0.600. The first-order valence-electron chi connectivity index (χ1n) is 6.94. The third kappa shape index (κ3) is 4.32. The molecule has 0 amide bonds. The standard InChI is InChI=1S/C15H23NO2S/c1-3-18-14-5-4-12(10-15(14)17-2)11-16-13-6-8-19-9-7-13/h4-5,10,13,16H,3,6-9,11H2,1-2H3. The summed E-state index contributed by atoms with van der Waals surface area (Å²) in [6.45, 7) is 3.54. The lowest BCUT2D eigenvalue weighted by Crippen LogP contribution is -2.32. The van der Waals surface area contributed by atoms with Crippen LogP contribution in [0.25, 0.3) is 0 Å². The first kappa shape index (κ1) is 14.5. The lowest BCUT2D eigenvalue weighted by Gasteiger charge is -2.22. The van der Waals surface area contributed by atoms with E-state index in [4.69, 9.17) is 9.47 Å². The van der Waals surface area contributed by atoms with Gasteiger partial charge in [-0.05, 0) is 49.0 Å². The molecular formula is C15H23NO2S. The molecule has 0 atom stereocenters.